The molecule has 2 aromatic rings. The molecule has 1 N–H and O–H groups in total. The first-order chi connectivity index (χ1) is 9.83. The number of aromatic nitrogens is 3. The number of nitrogens with one attached hydrogen (secondary N) is 1. The molecule has 20 heavy (non-hydrogen) atoms. The van der Waals surface area contributed by atoms with E-state index in [0.29, 0.717) is 0 Å². The van der Waals surface area contributed by atoms with E-state index in [0.717, 1.165) is 49.4 Å². The Hall–Kier alpha value is -1.81. The van der Waals surface area contributed by atoms with Crippen molar-refractivity contribution in [2.75, 3.05) is 0 Å². The molecule has 1 aliphatic rings. The van der Waals surface area contributed by atoms with E-state index in [1.807, 2.05) is 18.5 Å². The van der Waals surface area contributed by atoms with Crippen LogP contribution in [-0.2, 0) is 25.9 Å². The molecule has 1 aliphatic heterocycles. The Bertz CT molecular complexity index is 622. The zero-order valence-electron chi connectivity index (χ0n) is 12.1. The molecule has 2 aromatic heterocycles. The van der Waals surface area contributed by atoms with Crippen molar-refractivity contribution < 1.29 is 0 Å². The molecule has 0 aliphatic carbocycles. The van der Waals surface area contributed by atoms with Crippen molar-refractivity contribution in [3.05, 3.63) is 41.0 Å². The first-order valence-corrected chi connectivity index (χ1v) is 7.36. The van der Waals surface area contributed by atoms with Crippen LogP contribution < -0.4 is 5.32 Å². The van der Waals surface area contributed by atoms with Crippen LogP contribution in [0.2, 0.25) is 0 Å². The number of nitrogens with zero attached hydrogens (tertiary/aromatic N) is 3. The average Bonchev–Trinajstić information content (AvgIpc) is 2.96. The van der Waals surface area contributed by atoms with Gasteiger partial charge in [-0.25, -0.2) is 9.97 Å². The molecular formula is C16H20N4. The van der Waals surface area contributed by atoms with Crippen LogP contribution in [0.5, 0.6) is 0 Å². The minimum Gasteiger partial charge on any atom is -0.307 e. The van der Waals surface area contributed by atoms with Crippen LogP contribution >= 0.6 is 0 Å². The summed E-state index contributed by atoms with van der Waals surface area (Å²) in [6.45, 7) is 6.10. The van der Waals surface area contributed by atoms with Gasteiger partial charge in [-0.1, -0.05) is 20.3 Å². The third-order valence-electron chi connectivity index (χ3n) is 3.78. The molecule has 4 heteroatoms. The standard InChI is InChI=1S/C16H20N4/c1-3-5-14-13-9-18-10-15(13)20-16(19-14)12-6-7-17-8-11(12)4-2/h6-8,18H,3-5,9-10H2,1-2H3. The average molecular weight is 268 g/mol. The lowest BCUT2D eigenvalue weighted by Crippen LogP contribution is -2.04. The van der Waals surface area contributed by atoms with Gasteiger partial charge in [0.05, 0.1) is 5.69 Å². The zero-order chi connectivity index (χ0) is 13.9. The van der Waals surface area contributed by atoms with Crippen molar-refractivity contribution >= 4 is 0 Å². The van der Waals surface area contributed by atoms with Gasteiger partial charge in [-0.2, -0.15) is 0 Å². The summed E-state index contributed by atoms with van der Waals surface area (Å²) in [6.07, 6.45) is 6.82. The lowest BCUT2D eigenvalue weighted by atomic mass is 10.1. The van der Waals surface area contributed by atoms with Gasteiger partial charge in [-0.15, -0.1) is 0 Å². The van der Waals surface area contributed by atoms with Crippen molar-refractivity contribution in [2.45, 2.75) is 46.2 Å². The van der Waals surface area contributed by atoms with Gasteiger partial charge in [0.2, 0.25) is 0 Å². The Morgan fingerprint density at radius 3 is 2.90 bits per heavy atom. The zero-order valence-corrected chi connectivity index (χ0v) is 12.1. The van der Waals surface area contributed by atoms with Gasteiger partial charge in [0.25, 0.3) is 0 Å². The van der Waals surface area contributed by atoms with Crippen molar-refractivity contribution in [1.82, 2.24) is 20.3 Å². The first kappa shape index (κ1) is 13.2. The SMILES string of the molecule is CCCc1nc(-c2ccncc2CC)nc2c1CNC2. The van der Waals surface area contributed by atoms with Crippen molar-refractivity contribution in [1.29, 1.82) is 0 Å². The molecule has 3 rings (SSSR count). The quantitative estimate of drug-likeness (QED) is 0.926. The number of hydrogen-bond acceptors (Lipinski definition) is 4. The third kappa shape index (κ3) is 2.31. The summed E-state index contributed by atoms with van der Waals surface area (Å²) in [5.74, 6) is 0.857. The fourth-order valence-electron chi connectivity index (χ4n) is 2.73. The highest BCUT2D eigenvalue weighted by Crippen LogP contribution is 2.25. The normalized spacial score (nSPS) is 13.5. The lowest BCUT2D eigenvalue weighted by molar-refractivity contribution is 0.753. The molecule has 0 fully saturated rings. The molecule has 0 saturated heterocycles. The Morgan fingerprint density at radius 2 is 2.10 bits per heavy atom. The Labute approximate surface area is 119 Å². The second-order valence-electron chi connectivity index (χ2n) is 5.16. The molecule has 0 saturated carbocycles. The summed E-state index contributed by atoms with van der Waals surface area (Å²) in [4.78, 5) is 13.8. The lowest BCUT2D eigenvalue weighted by Gasteiger charge is -2.11. The molecule has 0 aromatic carbocycles. The highest BCUT2D eigenvalue weighted by atomic mass is 15.0. The summed E-state index contributed by atoms with van der Waals surface area (Å²) in [5.41, 5.74) is 6.01. The van der Waals surface area contributed by atoms with E-state index in [-0.39, 0.29) is 0 Å². The number of rotatable bonds is 4. The predicted octanol–water partition coefficient (Wildman–Crippen LogP) is 2.66. The van der Waals surface area contributed by atoms with Crippen LogP contribution in [0.25, 0.3) is 11.4 Å². The van der Waals surface area contributed by atoms with Gasteiger partial charge in [-0.3, -0.25) is 4.98 Å². The van der Waals surface area contributed by atoms with Crippen molar-refractivity contribution in [3.8, 4) is 11.4 Å². The van der Waals surface area contributed by atoms with Crippen LogP contribution in [0, 0.1) is 0 Å². The summed E-state index contributed by atoms with van der Waals surface area (Å²) >= 11 is 0. The molecular weight excluding hydrogens is 248 g/mol. The highest BCUT2D eigenvalue weighted by Gasteiger charge is 2.19. The maximum absolute atomic E-state index is 4.83. The van der Waals surface area contributed by atoms with E-state index in [4.69, 9.17) is 9.97 Å². The number of pyridine rings is 1. The monoisotopic (exact) mass is 268 g/mol. The predicted molar refractivity (Wildman–Crippen MR) is 79.2 cm³/mol. The molecule has 104 valence electrons. The van der Waals surface area contributed by atoms with Crippen LogP contribution in [0.4, 0.5) is 0 Å². The molecule has 3 heterocycles. The summed E-state index contributed by atoms with van der Waals surface area (Å²) in [7, 11) is 0. The summed E-state index contributed by atoms with van der Waals surface area (Å²) in [6, 6.07) is 2.03. The Balaban J connectivity index is 2.12. The first-order valence-electron chi connectivity index (χ1n) is 7.36. The van der Waals surface area contributed by atoms with Gasteiger partial charge in [0, 0.05) is 42.3 Å². The topological polar surface area (TPSA) is 50.7 Å². The molecule has 4 nitrogen and oxygen atoms in total. The molecule has 0 atom stereocenters. The van der Waals surface area contributed by atoms with Gasteiger partial charge in [-0.05, 0) is 24.5 Å². The summed E-state index contributed by atoms with van der Waals surface area (Å²) in [5, 5.41) is 3.38. The highest BCUT2D eigenvalue weighted by molar-refractivity contribution is 5.60. The van der Waals surface area contributed by atoms with E-state index >= 15 is 0 Å². The fourth-order valence-corrected chi connectivity index (χ4v) is 2.73. The van der Waals surface area contributed by atoms with E-state index < -0.39 is 0 Å². The molecule has 0 amide bonds. The van der Waals surface area contributed by atoms with Gasteiger partial charge < -0.3 is 5.32 Å². The molecule has 0 unspecified atom stereocenters. The molecule has 0 bridgehead atoms. The van der Waals surface area contributed by atoms with Gasteiger partial charge >= 0.3 is 0 Å². The van der Waals surface area contributed by atoms with Crippen molar-refractivity contribution in [3.63, 3.8) is 0 Å². The third-order valence-corrected chi connectivity index (χ3v) is 3.78. The van der Waals surface area contributed by atoms with Gasteiger partial charge in [0.1, 0.15) is 0 Å². The van der Waals surface area contributed by atoms with E-state index in [1.165, 1.54) is 16.8 Å². The van der Waals surface area contributed by atoms with Gasteiger partial charge in [0.15, 0.2) is 5.82 Å². The van der Waals surface area contributed by atoms with Crippen LogP contribution in [0.15, 0.2) is 18.5 Å². The smallest absolute Gasteiger partial charge is 0.160 e. The Kier molecular flexibility index (Phi) is 3.74. The molecule has 0 spiro atoms. The maximum atomic E-state index is 4.83. The van der Waals surface area contributed by atoms with Crippen LogP contribution in [0.1, 0.15) is 42.8 Å². The minimum absolute atomic E-state index is 0.855. The van der Waals surface area contributed by atoms with E-state index in [1.54, 1.807) is 0 Å². The Morgan fingerprint density at radius 1 is 1.20 bits per heavy atom. The number of aryl methyl sites for hydroxylation is 2. The maximum Gasteiger partial charge on any atom is 0.160 e. The number of fused-ring (bicyclic) bond motifs is 1. The van der Waals surface area contributed by atoms with Crippen LogP contribution in [0.3, 0.4) is 0 Å². The van der Waals surface area contributed by atoms with Crippen molar-refractivity contribution in [2.24, 2.45) is 0 Å². The largest absolute Gasteiger partial charge is 0.307 e. The number of hydrogen-bond donors (Lipinski definition) is 1. The summed E-state index contributed by atoms with van der Waals surface area (Å²) < 4.78 is 0. The van der Waals surface area contributed by atoms with Crippen LogP contribution in [-0.4, -0.2) is 15.0 Å². The fraction of sp³-hybridized carbons (Fsp3) is 0.438. The minimum atomic E-state index is 0.855. The van der Waals surface area contributed by atoms with E-state index in [2.05, 4.69) is 24.1 Å². The van der Waals surface area contributed by atoms with E-state index in [9.17, 15) is 0 Å². The molecule has 0 radical (unpaired) electrons. The second-order valence-corrected chi connectivity index (χ2v) is 5.16. The second kappa shape index (κ2) is 5.67.